The van der Waals surface area contributed by atoms with E-state index in [1.165, 1.54) is 35.9 Å². The van der Waals surface area contributed by atoms with Crippen molar-refractivity contribution in [3.8, 4) is 5.75 Å². The number of aliphatic carboxylic acids is 1. The van der Waals surface area contributed by atoms with Crippen LogP contribution >= 0.6 is 0 Å². The molecule has 1 aromatic heterocycles. The van der Waals surface area contributed by atoms with Crippen molar-refractivity contribution in [1.29, 1.82) is 0 Å². The first-order valence-electron chi connectivity index (χ1n) is 8.47. The molecular formula is C20H18N2O6. The average molecular weight is 382 g/mol. The zero-order valence-electron chi connectivity index (χ0n) is 15.5. The third-order valence-electron chi connectivity index (χ3n) is 4.79. The molecule has 0 amide bonds. The van der Waals surface area contributed by atoms with Crippen molar-refractivity contribution in [3.05, 3.63) is 69.4 Å². The molecule has 2 aromatic carbocycles. The predicted octanol–water partition coefficient (Wildman–Crippen LogP) is 3.74. The molecule has 1 atom stereocenters. The zero-order chi connectivity index (χ0) is 20.6. The Kier molecular flexibility index (Phi) is 4.87. The van der Waals surface area contributed by atoms with Gasteiger partial charge in [-0.15, -0.1) is 0 Å². The van der Waals surface area contributed by atoms with Crippen LogP contribution in [-0.2, 0) is 4.79 Å². The lowest BCUT2D eigenvalue weighted by atomic mass is 9.98. The molecule has 28 heavy (non-hydrogen) atoms. The van der Waals surface area contributed by atoms with Crippen LogP contribution in [0.5, 0.6) is 5.75 Å². The molecule has 144 valence electrons. The largest absolute Gasteiger partial charge is 0.497 e. The normalized spacial score (nSPS) is 12.0. The highest BCUT2D eigenvalue weighted by Gasteiger charge is 2.26. The summed E-state index contributed by atoms with van der Waals surface area (Å²) >= 11 is 0. The number of fused-ring (bicyclic) bond motifs is 1. The lowest BCUT2D eigenvalue weighted by Crippen LogP contribution is -2.15. The third kappa shape index (κ3) is 3.09. The summed E-state index contributed by atoms with van der Waals surface area (Å²) in [4.78, 5) is 35.0. The number of ether oxygens (including phenoxy) is 1. The number of carboxylic acid groups (broad SMARTS) is 1. The summed E-state index contributed by atoms with van der Waals surface area (Å²) in [6.45, 7) is 3.24. The van der Waals surface area contributed by atoms with Crippen LogP contribution in [0.3, 0.4) is 0 Å². The maximum atomic E-state index is 13.1. The molecule has 0 fully saturated rings. The number of carboxylic acids is 1. The SMILES string of the molecule is COc1ccc2c(c1)c(C(C)C(=O)O)c(C)n2C(=O)c1ccc([N+](=O)[O-])cc1. The van der Waals surface area contributed by atoms with Crippen molar-refractivity contribution in [2.75, 3.05) is 7.11 Å². The van der Waals surface area contributed by atoms with Gasteiger partial charge in [0.15, 0.2) is 0 Å². The Labute approximate surface area is 160 Å². The molecule has 0 aliphatic rings. The molecule has 0 radical (unpaired) electrons. The van der Waals surface area contributed by atoms with E-state index in [1.54, 1.807) is 32.0 Å². The topological polar surface area (TPSA) is 112 Å². The van der Waals surface area contributed by atoms with Gasteiger partial charge in [-0.05, 0) is 49.7 Å². The Morgan fingerprint density at radius 3 is 2.36 bits per heavy atom. The number of nitro groups is 1. The second kappa shape index (κ2) is 7.15. The van der Waals surface area contributed by atoms with E-state index in [0.717, 1.165) is 0 Å². The summed E-state index contributed by atoms with van der Waals surface area (Å²) in [5, 5.41) is 20.9. The van der Waals surface area contributed by atoms with Gasteiger partial charge in [0.1, 0.15) is 5.75 Å². The van der Waals surface area contributed by atoms with Crippen molar-refractivity contribution >= 4 is 28.5 Å². The van der Waals surface area contributed by atoms with Gasteiger partial charge in [-0.3, -0.25) is 24.3 Å². The van der Waals surface area contributed by atoms with Gasteiger partial charge in [0.25, 0.3) is 11.6 Å². The molecule has 0 saturated heterocycles. The van der Waals surface area contributed by atoms with Crippen molar-refractivity contribution in [3.63, 3.8) is 0 Å². The summed E-state index contributed by atoms with van der Waals surface area (Å²) in [5.74, 6) is -1.69. The number of non-ortho nitro benzene ring substituents is 1. The van der Waals surface area contributed by atoms with Gasteiger partial charge < -0.3 is 9.84 Å². The lowest BCUT2D eigenvalue weighted by molar-refractivity contribution is -0.384. The van der Waals surface area contributed by atoms with Crippen LogP contribution in [0.15, 0.2) is 42.5 Å². The fourth-order valence-electron chi connectivity index (χ4n) is 3.34. The first kappa shape index (κ1) is 19.1. The van der Waals surface area contributed by atoms with E-state index in [9.17, 15) is 24.8 Å². The van der Waals surface area contributed by atoms with Crippen LogP contribution in [0, 0.1) is 17.0 Å². The molecule has 1 heterocycles. The number of hydrogen-bond acceptors (Lipinski definition) is 5. The van der Waals surface area contributed by atoms with Crippen LogP contribution in [0.25, 0.3) is 10.9 Å². The summed E-state index contributed by atoms with van der Waals surface area (Å²) in [6.07, 6.45) is 0. The molecule has 0 spiro atoms. The number of benzene rings is 2. The maximum Gasteiger partial charge on any atom is 0.310 e. The Bertz CT molecular complexity index is 1100. The first-order chi connectivity index (χ1) is 13.3. The number of hydrogen-bond donors (Lipinski definition) is 1. The van der Waals surface area contributed by atoms with Gasteiger partial charge in [-0.1, -0.05) is 0 Å². The van der Waals surface area contributed by atoms with Gasteiger partial charge >= 0.3 is 5.97 Å². The molecular weight excluding hydrogens is 364 g/mol. The predicted molar refractivity (Wildman–Crippen MR) is 102 cm³/mol. The highest BCUT2D eigenvalue weighted by Crippen LogP contribution is 2.35. The van der Waals surface area contributed by atoms with Crippen LogP contribution < -0.4 is 4.74 Å². The van der Waals surface area contributed by atoms with Crippen LogP contribution in [-0.4, -0.2) is 33.6 Å². The van der Waals surface area contributed by atoms with Gasteiger partial charge in [-0.2, -0.15) is 0 Å². The number of carbonyl (C=O) groups is 2. The molecule has 8 heteroatoms. The van der Waals surface area contributed by atoms with E-state index in [0.29, 0.717) is 27.9 Å². The minimum Gasteiger partial charge on any atom is -0.497 e. The lowest BCUT2D eigenvalue weighted by Gasteiger charge is -2.09. The molecule has 1 N–H and O–H groups in total. The standard InChI is InChI=1S/C20H18N2O6/c1-11(20(24)25)18-12(2)21(17-9-8-15(28-3)10-16(17)18)19(23)13-4-6-14(7-5-13)22(26)27/h4-11H,1-3H3,(H,24,25). The molecule has 0 aliphatic heterocycles. The van der Waals surface area contributed by atoms with Crippen molar-refractivity contribution in [1.82, 2.24) is 4.57 Å². The number of carbonyl (C=O) groups excluding carboxylic acids is 1. The third-order valence-corrected chi connectivity index (χ3v) is 4.79. The molecule has 0 aliphatic carbocycles. The van der Waals surface area contributed by atoms with Gasteiger partial charge in [0, 0.05) is 28.8 Å². The monoisotopic (exact) mass is 382 g/mol. The van der Waals surface area contributed by atoms with E-state index in [2.05, 4.69) is 0 Å². The van der Waals surface area contributed by atoms with E-state index in [-0.39, 0.29) is 11.3 Å². The van der Waals surface area contributed by atoms with Gasteiger partial charge in [0.2, 0.25) is 0 Å². The molecule has 0 bridgehead atoms. The fraction of sp³-hybridized carbons (Fsp3) is 0.200. The van der Waals surface area contributed by atoms with Crippen LogP contribution in [0.1, 0.15) is 34.5 Å². The van der Waals surface area contributed by atoms with Crippen molar-refractivity contribution in [2.45, 2.75) is 19.8 Å². The molecule has 0 saturated carbocycles. The van der Waals surface area contributed by atoms with Gasteiger partial charge in [-0.25, -0.2) is 0 Å². The highest BCUT2D eigenvalue weighted by atomic mass is 16.6. The fourth-order valence-corrected chi connectivity index (χ4v) is 3.34. The number of nitro benzene ring substituents is 1. The first-order valence-corrected chi connectivity index (χ1v) is 8.47. The zero-order valence-corrected chi connectivity index (χ0v) is 15.5. The van der Waals surface area contributed by atoms with Crippen LogP contribution in [0.4, 0.5) is 5.69 Å². The Morgan fingerprint density at radius 2 is 1.82 bits per heavy atom. The number of nitrogens with zero attached hydrogens (tertiary/aromatic N) is 2. The molecule has 3 aromatic rings. The number of rotatable bonds is 5. The smallest absolute Gasteiger partial charge is 0.310 e. The highest BCUT2D eigenvalue weighted by molar-refractivity contribution is 6.05. The summed E-state index contributed by atoms with van der Waals surface area (Å²) < 4.78 is 6.68. The van der Waals surface area contributed by atoms with Crippen LogP contribution in [0.2, 0.25) is 0 Å². The minimum atomic E-state index is -1.01. The second-order valence-corrected chi connectivity index (χ2v) is 6.39. The minimum absolute atomic E-state index is 0.115. The number of methoxy groups -OCH3 is 1. The maximum absolute atomic E-state index is 13.1. The second-order valence-electron chi connectivity index (χ2n) is 6.39. The summed E-state index contributed by atoms with van der Waals surface area (Å²) in [5.41, 5.74) is 1.72. The van der Waals surface area contributed by atoms with Gasteiger partial charge in [0.05, 0.1) is 23.5 Å². The molecule has 3 rings (SSSR count). The van der Waals surface area contributed by atoms with E-state index in [1.807, 2.05) is 0 Å². The summed E-state index contributed by atoms with van der Waals surface area (Å²) in [7, 11) is 1.51. The average Bonchev–Trinajstić information content (AvgIpc) is 2.97. The van der Waals surface area contributed by atoms with Crippen molar-refractivity contribution < 1.29 is 24.4 Å². The van der Waals surface area contributed by atoms with Crippen molar-refractivity contribution in [2.24, 2.45) is 0 Å². The summed E-state index contributed by atoms with van der Waals surface area (Å²) in [6, 6.07) is 10.4. The Hall–Kier alpha value is -3.68. The van der Waals surface area contributed by atoms with E-state index in [4.69, 9.17) is 4.74 Å². The number of aromatic nitrogens is 1. The quantitative estimate of drug-likeness (QED) is 0.531. The molecule has 8 nitrogen and oxygen atoms in total. The van der Waals surface area contributed by atoms with E-state index < -0.39 is 22.7 Å². The Morgan fingerprint density at radius 1 is 1.18 bits per heavy atom. The Balaban J connectivity index is 2.22. The van der Waals surface area contributed by atoms with E-state index >= 15 is 0 Å². The molecule has 1 unspecified atom stereocenters.